The normalized spacial score (nSPS) is 22.0. The molecule has 0 bridgehead atoms. The summed E-state index contributed by atoms with van der Waals surface area (Å²) in [6.45, 7) is 0.797. The highest BCUT2D eigenvalue weighted by Crippen LogP contribution is 2.35. The Kier molecular flexibility index (Phi) is 9.74. The number of piperidine rings is 1. The fourth-order valence-corrected chi connectivity index (χ4v) is 8.14. The number of rotatable bonds is 5. The van der Waals surface area contributed by atoms with Crippen molar-refractivity contribution in [1.29, 1.82) is 0 Å². The van der Waals surface area contributed by atoms with Gasteiger partial charge in [0.05, 0.1) is 17.4 Å². The Morgan fingerprint density at radius 2 is 1.72 bits per heavy atom. The second kappa shape index (κ2) is 12.3. The summed E-state index contributed by atoms with van der Waals surface area (Å²) in [6, 6.07) is 9.55. The highest BCUT2D eigenvalue weighted by molar-refractivity contribution is 7.91. The number of thiazole rings is 1. The molecule has 0 spiro atoms. The lowest BCUT2D eigenvalue weighted by molar-refractivity contribution is -0.192. The van der Waals surface area contributed by atoms with Crippen LogP contribution in [0.4, 0.5) is 13.2 Å². The molecule has 216 valence electrons. The molecule has 2 aliphatic heterocycles. The molecule has 4 rings (SSSR count). The van der Waals surface area contributed by atoms with E-state index in [0.29, 0.717) is 11.3 Å². The molecule has 2 fully saturated rings. The predicted molar refractivity (Wildman–Crippen MR) is 135 cm³/mol. The average Bonchev–Trinajstić information content (AvgIpc) is 3.39. The van der Waals surface area contributed by atoms with Gasteiger partial charge in [0.2, 0.25) is 10.2 Å². The van der Waals surface area contributed by atoms with E-state index in [1.165, 1.54) is 10.5 Å². The highest BCUT2D eigenvalue weighted by atomic mass is 32.2. The molecule has 3 N–H and O–H groups in total. The molecule has 0 aliphatic carbocycles. The number of hydrogen-bond donors (Lipinski definition) is 2. The van der Waals surface area contributed by atoms with E-state index in [9.17, 15) is 34.8 Å². The van der Waals surface area contributed by atoms with Crippen LogP contribution in [0, 0.1) is 5.92 Å². The van der Waals surface area contributed by atoms with Gasteiger partial charge in [-0.2, -0.15) is 17.5 Å². The average molecular weight is 613 g/mol. The monoisotopic (exact) mass is 612 g/mol. The van der Waals surface area contributed by atoms with Gasteiger partial charge in [-0.1, -0.05) is 30.3 Å². The third-order valence-electron chi connectivity index (χ3n) is 6.23. The molecular formula is C22H27F3N4O7S3. The topological polar surface area (TPSA) is 168 Å². The maximum Gasteiger partial charge on any atom is 0.490 e. The zero-order chi connectivity index (χ0) is 29.0. The van der Waals surface area contributed by atoms with Gasteiger partial charge in [0.1, 0.15) is 0 Å². The molecule has 39 heavy (non-hydrogen) atoms. The second-order valence-corrected chi connectivity index (χ2v) is 14.5. The Morgan fingerprint density at radius 1 is 1.13 bits per heavy atom. The van der Waals surface area contributed by atoms with Gasteiger partial charge in [0, 0.05) is 43.8 Å². The zero-order valence-corrected chi connectivity index (χ0v) is 22.9. The number of carboxylic acids is 1. The van der Waals surface area contributed by atoms with Crippen molar-refractivity contribution in [2.45, 2.75) is 29.4 Å². The van der Waals surface area contributed by atoms with Crippen LogP contribution in [0.1, 0.15) is 22.8 Å². The molecule has 2 saturated heterocycles. The summed E-state index contributed by atoms with van der Waals surface area (Å²) in [7, 11) is -7.01. The van der Waals surface area contributed by atoms with Crippen molar-refractivity contribution in [3.63, 3.8) is 0 Å². The molecule has 1 aromatic carbocycles. The lowest BCUT2D eigenvalue weighted by Gasteiger charge is -2.38. The minimum absolute atomic E-state index is 0.0260. The number of benzene rings is 1. The Bertz CT molecular complexity index is 1370. The predicted octanol–water partition coefficient (Wildman–Crippen LogP) is 1.29. The number of amides is 1. The van der Waals surface area contributed by atoms with E-state index in [2.05, 4.69) is 4.98 Å². The molecule has 2 aromatic rings. The summed E-state index contributed by atoms with van der Waals surface area (Å²) in [5.74, 6) is -3.78. The number of carbonyl (C=O) groups is 2. The van der Waals surface area contributed by atoms with Gasteiger partial charge in [-0.05, 0) is 17.9 Å². The van der Waals surface area contributed by atoms with Gasteiger partial charge in [-0.3, -0.25) is 4.79 Å². The summed E-state index contributed by atoms with van der Waals surface area (Å²) >= 11 is 1.04. The van der Waals surface area contributed by atoms with Crippen LogP contribution in [-0.2, 0) is 36.0 Å². The third-order valence-corrected chi connectivity index (χ3v) is 11.1. The van der Waals surface area contributed by atoms with Gasteiger partial charge in [0.25, 0.3) is 10.0 Å². The Morgan fingerprint density at radius 3 is 2.23 bits per heavy atom. The molecule has 0 radical (unpaired) electrons. The Balaban J connectivity index is 0.000000532. The van der Waals surface area contributed by atoms with E-state index in [4.69, 9.17) is 15.6 Å². The van der Waals surface area contributed by atoms with E-state index in [1.54, 1.807) is 4.90 Å². The molecule has 2 aliphatic rings. The van der Waals surface area contributed by atoms with Gasteiger partial charge < -0.3 is 15.7 Å². The molecule has 2 atom stereocenters. The van der Waals surface area contributed by atoms with Crippen molar-refractivity contribution in [3.05, 3.63) is 47.0 Å². The van der Waals surface area contributed by atoms with Crippen LogP contribution in [0.2, 0.25) is 0 Å². The summed E-state index contributed by atoms with van der Waals surface area (Å²) in [5, 5.41) is 7.12. The summed E-state index contributed by atoms with van der Waals surface area (Å²) in [6.07, 6.45) is -3.11. The largest absolute Gasteiger partial charge is 0.490 e. The number of nitrogens with two attached hydrogens (primary N) is 1. The number of carboxylic acid groups (broad SMARTS) is 1. The maximum absolute atomic E-state index is 13.4. The first-order chi connectivity index (χ1) is 18.1. The third kappa shape index (κ3) is 7.97. The number of carbonyl (C=O) groups excluding carboxylic acids is 1. The first-order valence-corrected chi connectivity index (χ1v) is 15.7. The van der Waals surface area contributed by atoms with Crippen LogP contribution in [0.15, 0.2) is 40.9 Å². The molecule has 0 saturated carbocycles. The van der Waals surface area contributed by atoms with Crippen LogP contribution in [-0.4, -0.2) is 91.9 Å². The van der Waals surface area contributed by atoms with Crippen molar-refractivity contribution in [3.8, 4) is 0 Å². The zero-order valence-electron chi connectivity index (χ0n) is 20.4. The Hall–Kier alpha value is -2.60. The summed E-state index contributed by atoms with van der Waals surface area (Å²) in [4.78, 5) is 28.5. The number of halogens is 3. The molecule has 1 amide bonds. The number of alkyl halides is 3. The maximum atomic E-state index is 13.4. The molecular weight excluding hydrogens is 585 g/mol. The minimum atomic E-state index is -5.08. The van der Waals surface area contributed by atoms with E-state index < -0.39 is 37.9 Å². The minimum Gasteiger partial charge on any atom is -0.475 e. The second-order valence-electron chi connectivity index (χ2n) is 8.94. The van der Waals surface area contributed by atoms with Crippen LogP contribution in [0.25, 0.3) is 0 Å². The molecule has 1 aromatic heterocycles. The standard InChI is InChI=1S/C20H26N4O5S3.C2HF3O2/c21-11-18-12-22-20(30-18)32(28,29)24-13-16(15-4-2-1-3-5-15)10-17(14-24)19(25)23-6-8-31(26,27)9-7-23;3-2(4,5)1(6)7/h1-5,12,16-17H,6-11,13-14,21H2;(H,6,7)/t16-,17-;/m0./s1. The lowest BCUT2D eigenvalue weighted by Crippen LogP contribution is -2.52. The fraction of sp³-hybridized carbons (Fsp3) is 0.500. The number of aromatic nitrogens is 1. The van der Waals surface area contributed by atoms with Crippen molar-refractivity contribution in [2.24, 2.45) is 11.7 Å². The number of hydrogen-bond acceptors (Lipinski definition) is 9. The number of sulfonamides is 1. The molecule has 11 nitrogen and oxygen atoms in total. The van der Waals surface area contributed by atoms with Gasteiger partial charge in [0.15, 0.2) is 9.84 Å². The number of aliphatic carboxylic acids is 1. The first kappa shape index (κ1) is 30.9. The van der Waals surface area contributed by atoms with E-state index in [1.807, 2.05) is 30.3 Å². The van der Waals surface area contributed by atoms with Gasteiger partial charge in [-0.15, -0.1) is 11.3 Å². The summed E-state index contributed by atoms with van der Waals surface area (Å²) in [5.41, 5.74) is 6.58. The highest BCUT2D eigenvalue weighted by Gasteiger charge is 2.41. The fourth-order valence-electron chi connectivity index (χ4n) is 4.21. The van der Waals surface area contributed by atoms with Crippen molar-refractivity contribution < 1.29 is 44.7 Å². The van der Waals surface area contributed by atoms with Crippen molar-refractivity contribution >= 4 is 43.1 Å². The Labute approximate surface area is 227 Å². The molecule has 0 unspecified atom stereocenters. The lowest BCUT2D eigenvalue weighted by atomic mass is 9.85. The van der Waals surface area contributed by atoms with Crippen LogP contribution in [0.5, 0.6) is 0 Å². The quantitative estimate of drug-likeness (QED) is 0.505. The smallest absolute Gasteiger partial charge is 0.475 e. The van der Waals surface area contributed by atoms with Crippen LogP contribution < -0.4 is 5.73 Å². The number of nitrogens with zero attached hydrogens (tertiary/aromatic N) is 3. The summed E-state index contributed by atoms with van der Waals surface area (Å²) < 4.78 is 83.3. The van der Waals surface area contributed by atoms with Gasteiger partial charge in [-0.25, -0.2) is 26.6 Å². The SMILES string of the molecule is NCc1cnc(S(=O)(=O)N2C[C@@H](C(=O)N3CCS(=O)(=O)CC3)C[C@H](c3ccccc3)C2)s1.O=C(O)C(F)(F)F. The first-order valence-electron chi connectivity index (χ1n) is 11.6. The van der Waals surface area contributed by atoms with Crippen LogP contribution >= 0.6 is 11.3 Å². The van der Waals surface area contributed by atoms with Crippen molar-refractivity contribution in [1.82, 2.24) is 14.2 Å². The van der Waals surface area contributed by atoms with E-state index >= 15 is 0 Å². The van der Waals surface area contributed by atoms with E-state index in [-0.39, 0.29) is 60.4 Å². The van der Waals surface area contributed by atoms with Crippen molar-refractivity contribution in [2.75, 3.05) is 37.7 Å². The van der Waals surface area contributed by atoms with E-state index in [0.717, 1.165) is 16.9 Å². The molecule has 3 heterocycles. The van der Waals surface area contributed by atoms with Gasteiger partial charge >= 0.3 is 12.1 Å². The molecule has 17 heteroatoms. The number of sulfone groups is 1. The van der Waals surface area contributed by atoms with Crippen LogP contribution in [0.3, 0.4) is 0 Å².